The number of benzene rings is 1. The number of rotatable bonds is 7. The number of hydrogen-bond acceptors (Lipinski definition) is 2. The van der Waals surface area contributed by atoms with Gasteiger partial charge in [-0.05, 0) is 17.9 Å². The Balaban J connectivity index is 1.76. The first kappa shape index (κ1) is 16.8. The molecule has 0 atom stereocenters. The molecular weight excluding hydrogens is 276 g/mol. The number of urea groups is 1. The Hall–Kier alpha value is -1.55. The van der Waals surface area contributed by atoms with Gasteiger partial charge in [-0.1, -0.05) is 62.4 Å². The van der Waals surface area contributed by atoms with Crippen molar-refractivity contribution in [1.29, 1.82) is 0 Å². The zero-order valence-electron chi connectivity index (χ0n) is 13.3. The van der Waals surface area contributed by atoms with Gasteiger partial charge in [0.05, 0.1) is 6.61 Å². The predicted octanol–water partition coefficient (Wildman–Crippen LogP) is 3.16. The Kier molecular flexibility index (Phi) is 7.23. The molecule has 0 heterocycles. The third kappa shape index (κ3) is 5.68. The van der Waals surface area contributed by atoms with Gasteiger partial charge in [-0.15, -0.1) is 0 Å². The van der Waals surface area contributed by atoms with Crippen LogP contribution < -0.4 is 5.32 Å². The highest BCUT2D eigenvalue weighted by Gasteiger charge is 2.16. The molecular formula is C18H28N2O2. The summed E-state index contributed by atoms with van der Waals surface area (Å²) in [7, 11) is 0. The lowest BCUT2D eigenvalue weighted by Crippen LogP contribution is -2.41. The van der Waals surface area contributed by atoms with Gasteiger partial charge in [-0.2, -0.15) is 0 Å². The van der Waals surface area contributed by atoms with Crippen LogP contribution in [0.2, 0.25) is 0 Å². The predicted molar refractivity (Wildman–Crippen MR) is 88.5 cm³/mol. The third-order valence-electron chi connectivity index (χ3n) is 4.43. The van der Waals surface area contributed by atoms with Gasteiger partial charge in [-0.25, -0.2) is 4.79 Å². The first-order chi connectivity index (χ1) is 10.8. The van der Waals surface area contributed by atoms with Gasteiger partial charge >= 0.3 is 6.03 Å². The van der Waals surface area contributed by atoms with Gasteiger partial charge < -0.3 is 15.3 Å². The van der Waals surface area contributed by atoms with E-state index >= 15 is 0 Å². The summed E-state index contributed by atoms with van der Waals surface area (Å²) < 4.78 is 0. The maximum Gasteiger partial charge on any atom is 0.317 e. The summed E-state index contributed by atoms with van der Waals surface area (Å²) in [5.74, 6) is 0.773. The van der Waals surface area contributed by atoms with Crippen molar-refractivity contribution in [1.82, 2.24) is 10.2 Å². The fraction of sp³-hybridized carbons (Fsp3) is 0.611. The molecule has 0 spiro atoms. The van der Waals surface area contributed by atoms with Crippen molar-refractivity contribution in [2.75, 3.05) is 19.7 Å². The quantitative estimate of drug-likeness (QED) is 0.813. The van der Waals surface area contributed by atoms with E-state index in [2.05, 4.69) is 5.32 Å². The summed E-state index contributed by atoms with van der Waals surface area (Å²) in [5, 5.41) is 12.2. The lowest BCUT2D eigenvalue weighted by Gasteiger charge is -2.24. The zero-order chi connectivity index (χ0) is 15.6. The molecule has 2 amide bonds. The Morgan fingerprint density at radius 1 is 1.18 bits per heavy atom. The van der Waals surface area contributed by atoms with E-state index in [4.69, 9.17) is 0 Å². The largest absolute Gasteiger partial charge is 0.395 e. The second-order valence-corrected chi connectivity index (χ2v) is 6.16. The minimum absolute atomic E-state index is 0.0110. The van der Waals surface area contributed by atoms with E-state index in [-0.39, 0.29) is 12.6 Å². The lowest BCUT2D eigenvalue weighted by atomic mass is 9.87. The van der Waals surface area contributed by atoms with Crippen molar-refractivity contribution in [2.24, 2.45) is 5.92 Å². The normalized spacial score (nSPS) is 15.5. The van der Waals surface area contributed by atoms with Gasteiger partial charge in [0.15, 0.2) is 0 Å². The number of aliphatic hydroxyl groups is 1. The standard InChI is InChI=1S/C18H28N2O2/c21-14-13-20(15-17-9-5-2-6-10-17)18(22)19-12-11-16-7-3-1-4-8-16/h2,5-6,9-10,16,21H,1,3-4,7-8,11-15H2,(H,19,22). The molecule has 1 fully saturated rings. The molecule has 4 heteroatoms. The van der Waals surface area contributed by atoms with E-state index < -0.39 is 0 Å². The summed E-state index contributed by atoms with van der Waals surface area (Å²) >= 11 is 0. The Labute approximate surface area is 133 Å². The van der Waals surface area contributed by atoms with Crippen LogP contribution in [-0.4, -0.2) is 35.7 Å². The van der Waals surface area contributed by atoms with Crippen LogP contribution in [0.4, 0.5) is 4.79 Å². The molecule has 1 aromatic carbocycles. The van der Waals surface area contributed by atoms with E-state index in [0.29, 0.717) is 13.1 Å². The molecule has 0 radical (unpaired) electrons. The average Bonchev–Trinajstić information content (AvgIpc) is 2.56. The van der Waals surface area contributed by atoms with Crippen molar-refractivity contribution in [3.63, 3.8) is 0 Å². The second kappa shape index (κ2) is 9.46. The fourth-order valence-electron chi connectivity index (χ4n) is 3.15. The van der Waals surface area contributed by atoms with Gasteiger partial charge in [0, 0.05) is 19.6 Å². The molecule has 0 aliphatic heterocycles. The molecule has 1 aromatic rings. The molecule has 0 bridgehead atoms. The van der Waals surface area contributed by atoms with Crippen molar-refractivity contribution in [3.05, 3.63) is 35.9 Å². The molecule has 0 aromatic heterocycles. The smallest absolute Gasteiger partial charge is 0.317 e. The SMILES string of the molecule is O=C(NCCC1CCCCC1)N(CCO)Cc1ccccc1. The summed E-state index contributed by atoms with van der Waals surface area (Å²) in [6, 6.07) is 9.82. The molecule has 2 N–H and O–H groups in total. The van der Waals surface area contributed by atoms with Crippen LogP contribution in [0.1, 0.15) is 44.1 Å². The number of nitrogens with zero attached hydrogens (tertiary/aromatic N) is 1. The summed E-state index contributed by atoms with van der Waals surface area (Å²) in [6.45, 7) is 1.63. The van der Waals surface area contributed by atoms with E-state index in [1.165, 1.54) is 32.1 Å². The Morgan fingerprint density at radius 3 is 2.59 bits per heavy atom. The first-order valence-corrected chi connectivity index (χ1v) is 8.47. The maximum atomic E-state index is 12.3. The molecule has 1 aliphatic carbocycles. The van der Waals surface area contributed by atoms with Gasteiger partial charge in [0.1, 0.15) is 0 Å². The third-order valence-corrected chi connectivity index (χ3v) is 4.43. The van der Waals surface area contributed by atoms with Gasteiger partial charge in [0.25, 0.3) is 0 Å². The number of aliphatic hydroxyl groups excluding tert-OH is 1. The van der Waals surface area contributed by atoms with E-state index in [9.17, 15) is 9.90 Å². The van der Waals surface area contributed by atoms with Gasteiger partial charge in [0.2, 0.25) is 0 Å². The highest BCUT2D eigenvalue weighted by atomic mass is 16.3. The molecule has 0 unspecified atom stereocenters. The number of hydrogen-bond donors (Lipinski definition) is 2. The number of amides is 2. The van der Waals surface area contributed by atoms with Crippen molar-refractivity contribution < 1.29 is 9.90 Å². The fourth-order valence-corrected chi connectivity index (χ4v) is 3.15. The lowest BCUT2D eigenvalue weighted by molar-refractivity contribution is 0.173. The van der Waals surface area contributed by atoms with Crippen LogP contribution in [0.15, 0.2) is 30.3 Å². The van der Waals surface area contributed by atoms with Crippen LogP contribution >= 0.6 is 0 Å². The van der Waals surface area contributed by atoms with Crippen LogP contribution in [0.25, 0.3) is 0 Å². The highest BCUT2D eigenvalue weighted by Crippen LogP contribution is 2.25. The maximum absolute atomic E-state index is 12.3. The molecule has 4 nitrogen and oxygen atoms in total. The van der Waals surface area contributed by atoms with Crippen LogP contribution in [0.3, 0.4) is 0 Å². The molecule has 1 saturated carbocycles. The van der Waals surface area contributed by atoms with E-state index in [1.54, 1.807) is 4.90 Å². The highest BCUT2D eigenvalue weighted by molar-refractivity contribution is 5.74. The number of carbonyl (C=O) groups is 1. The van der Waals surface area contributed by atoms with Crippen molar-refractivity contribution >= 4 is 6.03 Å². The minimum atomic E-state index is -0.0753. The van der Waals surface area contributed by atoms with Crippen LogP contribution in [-0.2, 0) is 6.54 Å². The van der Waals surface area contributed by atoms with Crippen LogP contribution in [0, 0.1) is 5.92 Å². The number of nitrogens with one attached hydrogen (secondary N) is 1. The van der Waals surface area contributed by atoms with Gasteiger partial charge in [-0.3, -0.25) is 0 Å². The topological polar surface area (TPSA) is 52.6 Å². The molecule has 122 valence electrons. The Morgan fingerprint density at radius 2 is 1.91 bits per heavy atom. The molecule has 1 aliphatic rings. The molecule has 2 rings (SSSR count). The van der Waals surface area contributed by atoms with Crippen LogP contribution in [0.5, 0.6) is 0 Å². The van der Waals surface area contributed by atoms with Crippen molar-refractivity contribution in [3.8, 4) is 0 Å². The number of carbonyl (C=O) groups excluding carboxylic acids is 1. The van der Waals surface area contributed by atoms with Crippen molar-refractivity contribution in [2.45, 2.75) is 45.1 Å². The monoisotopic (exact) mass is 304 g/mol. The molecule has 0 saturated heterocycles. The minimum Gasteiger partial charge on any atom is -0.395 e. The summed E-state index contributed by atoms with van der Waals surface area (Å²) in [5.41, 5.74) is 1.08. The summed E-state index contributed by atoms with van der Waals surface area (Å²) in [4.78, 5) is 14.0. The Bertz CT molecular complexity index is 430. The molecule has 22 heavy (non-hydrogen) atoms. The summed E-state index contributed by atoms with van der Waals surface area (Å²) in [6.07, 6.45) is 7.72. The first-order valence-electron chi connectivity index (χ1n) is 8.47. The van der Waals surface area contributed by atoms with E-state index in [0.717, 1.165) is 24.4 Å². The average molecular weight is 304 g/mol. The van der Waals surface area contributed by atoms with E-state index in [1.807, 2.05) is 30.3 Å². The zero-order valence-corrected chi connectivity index (χ0v) is 13.3. The second-order valence-electron chi connectivity index (χ2n) is 6.16.